The van der Waals surface area contributed by atoms with Gasteiger partial charge in [0.2, 0.25) is 0 Å². The molecule has 3 aromatic carbocycles. The summed E-state index contributed by atoms with van der Waals surface area (Å²) in [4.78, 5) is 0. The molecule has 0 saturated carbocycles. The third-order valence-corrected chi connectivity index (χ3v) is 7.05. The van der Waals surface area contributed by atoms with Crippen LogP contribution in [-0.4, -0.2) is 19.5 Å². The van der Waals surface area contributed by atoms with Crippen molar-refractivity contribution in [3.63, 3.8) is 0 Å². The Labute approximate surface area is 218 Å². The molecule has 0 aliphatic carbocycles. The molecule has 0 bridgehead atoms. The number of halogens is 3. The van der Waals surface area contributed by atoms with Crippen LogP contribution in [0, 0.1) is 17.5 Å². The predicted octanol–water partition coefficient (Wildman–Crippen LogP) is 8.98. The van der Waals surface area contributed by atoms with Crippen molar-refractivity contribution >= 4 is 0 Å². The standard InChI is InChI=1S/C32H35F3O2/c1-3-5-6-7-8-9-10-24-15-18-28(32(35)31(24)34)23-13-11-22(12-14-23)25-16-17-27(29(33)19-25)26-20-36-30(4-2)37-21-26/h4,11-19,26,30H,2-3,5-10,20-21H2,1H3. The summed E-state index contributed by atoms with van der Waals surface area (Å²) in [5.41, 5.74) is 3.27. The molecule has 37 heavy (non-hydrogen) atoms. The lowest BCUT2D eigenvalue weighted by atomic mass is 9.94. The molecule has 0 amide bonds. The third kappa shape index (κ3) is 6.71. The van der Waals surface area contributed by atoms with Crippen LogP contribution in [0.4, 0.5) is 13.2 Å². The molecule has 0 aromatic heterocycles. The maximum absolute atomic E-state index is 14.9. The number of ether oxygens (including phenoxy) is 2. The second kappa shape index (κ2) is 13.1. The lowest BCUT2D eigenvalue weighted by molar-refractivity contribution is -0.159. The average molecular weight is 509 g/mol. The zero-order valence-electron chi connectivity index (χ0n) is 21.4. The molecule has 0 spiro atoms. The highest BCUT2D eigenvalue weighted by Gasteiger charge is 2.24. The Bertz CT molecular complexity index is 1180. The zero-order valence-corrected chi connectivity index (χ0v) is 21.4. The van der Waals surface area contributed by atoms with Crippen molar-refractivity contribution in [2.45, 2.75) is 64.1 Å². The summed E-state index contributed by atoms with van der Waals surface area (Å²) in [6.07, 6.45) is 8.30. The van der Waals surface area contributed by atoms with E-state index in [4.69, 9.17) is 9.47 Å². The quantitative estimate of drug-likeness (QED) is 0.190. The van der Waals surface area contributed by atoms with Crippen molar-refractivity contribution in [2.75, 3.05) is 13.2 Å². The van der Waals surface area contributed by atoms with Gasteiger partial charge < -0.3 is 9.47 Å². The summed E-state index contributed by atoms with van der Waals surface area (Å²) in [6, 6.07) is 15.5. The van der Waals surface area contributed by atoms with Crippen molar-refractivity contribution in [2.24, 2.45) is 0 Å². The van der Waals surface area contributed by atoms with E-state index in [2.05, 4.69) is 13.5 Å². The van der Waals surface area contributed by atoms with Crippen molar-refractivity contribution in [1.29, 1.82) is 0 Å². The Morgan fingerprint density at radius 1 is 0.784 bits per heavy atom. The summed E-state index contributed by atoms with van der Waals surface area (Å²) < 4.78 is 55.6. The maximum Gasteiger partial charge on any atom is 0.176 e. The first kappa shape index (κ1) is 27.2. The van der Waals surface area contributed by atoms with E-state index in [0.717, 1.165) is 24.8 Å². The molecule has 4 rings (SSSR count). The molecule has 3 aromatic rings. The molecule has 1 heterocycles. The van der Waals surface area contributed by atoms with Gasteiger partial charge in [0.05, 0.1) is 13.2 Å². The smallest absolute Gasteiger partial charge is 0.176 e. The molecule has 1 aliphatic heterocycles. The lowest BCUT2D eigenvalue weighted by Crippen LogP contribution is -2.29. The Balaban J connectivity index is 1.42. The second-order valence-corrected chi connectivity index (χ2v) is 9.70. The molecule has 2 nitrogen and oxygen atoms in total. The molecule has 1 aliphatic rings. The van der Waals surface area contributed by atoms with E-state index < -0.39 is 17.9 Å². The number of hydrogen-bond acceptors (Lipinski definition) is 2. The average Bonchev–Trinajstić information content (AvgIpc) is 2.93. The van der Waals surface area contributed by atoms with Gasteiger partial charge in [-0.1, -0.05) is 94.1 Å². The molecule has 1 fully saturated rings. The number of rotatable bonds is 11. The summed E-state index contributed by atoms with van der Waals surface area (Å²) in [5, 5.41) is 0. The molecule has 5 heteroatoms. The van der Waals surface area contributed by atoms with Gasteiger partial charge in [0.15, 0.2) is 17.9 Å². The number of hydrogen-bond donors (Lipinski definition) is 0. The van der Waals surface area contributed by atoms with Gasteiger partial charge in [-0.15, -0.1) is 0 Å². The minimum Gasteiger partial charge on any atom is -0.348 e. The first-order valence-electron chi connectivity index (χ1n) is 13.2. The summed E-state index contributed by atoms with van der Waals surface area (Å²) in [7, 11) is 0. The third-order valence-electron chi connectivity index (χ3n) is 7.05. The van der Waals surface area contributed by atoms with Gasteiger partial charge in [-0.25, -0.2) is 13.2 Å². The predicted molar refractivity (Wildman–Crippen MR) is 143 cm³/mol. The van der Waals surface area contributed by atoms with Gasteiger partial charge in [0, 0.05) is 11.5 Å². The number of benzene rings is 3. The van der Waals surface area contributed by atoms with Crippen LogP contribution in [0.3, 0.4) is 0 Å². The number of aryl methyl sites for hydroxylation is 1. The minimum atomic E-state index is -0.817. The summed E-state index contributed by atoms with van der Waals surface area (Å²) in [6.45, 7) is 6.54. The second-order valence-electron chi connectivity index (χ2n) is 9.70. The van der Waals surface area contributed by atoms with Crippen LogP contribution in [0.5, 0.6) is 0 Å². The van der Waals surface area contributed by atoms with Crippen LogP contribution in [0.1, 0.15) is 62.5 Å². The van der Waals surface area contributed by atoms with Gasteiger partial charge in [-0.2, -0.15) is 0 Å². The highest BCUT2D eigenvalue weighted by molar-refractivity contribution is 5.71. The lowest BCUT2D eigenvalue weighted by Gasteiger charge is -2.28. The minimum absolute atomic E-state index is 0.186. The van der Waals surface area contributed by atoms with E-state index in [0.29, 0.717) is 41.9 Å². The monoisotopic (exact) mass is 508 g/mol. The van der Waals surface area contributed by atoms with Crippen LogP contribution in [0.25, 0.3) is 22.3 Å². The number of unbranched alkanes of at least 4 members (excludes halogenated alkanes) is 5. The fourth-order valence-corrected chi connectivity index (χ4v) is 4.82. The molecular formula is C32H35F3O2. The first-order valence-corrected chi connectivity index (χ1v) is 13.2. The molecule has 0 radical (unpaired) electrons. The summed E-state index contributed by atoms with van der Waals surface area (Å²) in [5.74, 6) is -2.09. The highest BCUT2D eigenvalue weighted by atomic mass is 19.2. The van der Waals surface area contributed by atoms with Gasteiger partial charge in [-0.3, -0.25) is 0 Å². The van der Waals surface area contributed by atoms with E-state index in [1.54, 1.807) is 48.5 Å². The van der Waals surface area contributed by atoms with E-state index in [9.17, 15) is 13.2 Å². The van der Waals surface area contributed by atoms with E-state index >= 15 is 0 Å². The Morgan fingerprint density at radius 3 is 2.11 bits per heavy atom. The van der Waals surface area contributed by atoms with E-state index in [-0.39, 0.29) is 17.3 Å². The van der Waals surface area contributed by atoms with E-state index in [1.807, 2.05) is 6.07 Å². The van der Waals surface area contributed by atoms with Gasteiger partial charge >= 0.3 is 0 Å². The molecular weight excluding hydrogens is 473 g/mol. The molecule has 196 valence electrons. The molecule has 0 atom stereocenters. The van der Waals surface area contributed by atoms with Crippen LogP contribution in [-0.2, 0) is 15.9 Å². The molecule has 0 N–H and O–H groups in total. The molecule has 0 unspecified atom stereocenters. The van der Waals surface area contributed by atoms with Crippen molar-refractivity contribution in [3.05, 3.63) is 95.8 Å². The Morgan fingerprint density at radius 2 is 1.43 bits per heavy atom. The fourth-order valence-electron chi connectivity index (χ4n) is 4.82. The highest BCUT2D eigenvalue weighted by Crippen LogP contribution is 2.32. The van der Waals surface area contributed by atoms with Crippen LogP contribution in [0.2, 0.25) is 0 Å². The van der Waals surface area contributed by atoms with Crippen molar-refractivity contribution < 1.29 is 22.6 Å². The maximum atomic E-state index is 14.9. The van der Waals surface area contributed by atoms with Crippen molar-refractivity contribution in [1.82, 2.24) is 0 Å². The Hall–Kier alpha value is -2.89. The van der Waals surface area contributed by atoms with Crippen molar-refractivity contribution in [3.8, 4) is 22.3 Å². The zero-order chi connectivity index (χ0) is 26.2. The van der Waals surface area contributed by atoms with E-state index in [1.165, 1.54) is 25.3 Å². The first-order chi connectivity index (χ1) is 18.0. The van der Waals surface area contributed by atoms with Crippen LogP contribution in [0.15, 0.2) is 67.3 Å². The molecule has 1 saturated heterocycles. The largest absolute Gasteiger partial charge is 0.348 e. The fraction of sp³-hybridized carbons (Fsp3) is 0.375. The normalized spacial score (nSPS) is 17.6. The van der Waals surface area contributed by atoms with Crippen LogP contribution >= 0.6 is 0 Å². The van der Waals surface area contributed by atoms with Gasteiger partial charge in [0.1, 0.15) is 5.82 Å². The topological polar surface area (TPSA) is 18.5 Å². The van der Waals surface area contributed by atoms with Gasteiger partial charge in [-0.05, 0) is 52.8 Å². The Kier molecular flexibility index (Phi) is 9.59. The summed E-state index contributed by atoms with van der Waals surface area (Å²) >= 11 is 0. The van der Waals surface area contributed by atoms with Crippen LogP contribution < -0.4 is 0 Å². The van der Waals surface area contributed by atoms with Gasteiger partial charge in [0.25, 0.3) is 0 Å². The SMILES string of the molecule is C=CC1OCC(c2ccc(-c3ccc(-c4ccc(CCCCCCCC)c(F)c4F)cc3)cc2F)CO1.